The van der Waals surface area contributed by atoms with Gasteiger partial charge in [-0.05, 0) is 25.2 Å². The van der Waals surface area contributed by atoms with E-state index in [2.05, 4.69) is 48.9 Å². The summed E-state index contributed by atoms with van der Waals surface area (Å²) < 4.78 is 0. The Balaban J connectivity index is 4.10. The van der Waals surface area contributed by atoms with Crippen molar-refractivity contribution in [3.8, 4) is 0 Å². The topological polar surface area (TPSA) is 29.1 Å². The monoisotopic (exact) mass is 277 g/mol. The molecule has 0 aromatic heterocycles. The maximum atomic E-state index is 11.8. The minimum absolute atomic E-state index is 0.179. The Labute approximate surface area is 102 Å². The van der Waals surface area contributed by atoms with Gasteiger partial charge in [0.1, 0.15) is 0 Å². The van der Waals surface area contributed by atoms with E-state index in [1.165, 1.54) is 0 Å². The number of alkyl halides is 1. The first-order chi connectivity index (χ1) is 7.04. The second-order valence-corrected chi connectivity index (χ2v) is 5.15. The Morgan fingerprint density at radius 2 is 1.80 bits per heavy atom. The third kappa shape index (κ3) is 6.18. The molecule has 90 valence electrons. The number of nitrogens with one attached hydrogen (secondary N) is 1. The van der Waals surface area contributed by atoms with Gasteiger partial charge in [-0.2, -0.15) is 0 Å². The van der Waals surface area contributed by atoms with E-state index in [0.29, 0.717) is 5.92 Å². The molecule has 0 heterocycles. The molecule has 0 fully saturated rings. The minimum atomic E-state index is 0.179. The second kappa shape index (κ2) is 8.14. The molecule has 0 saturated carbocycles. The van der Waals surface area contributed by atoms with E-state index in [0.717, 1.165) is 24.6 Å². The van der Waals surface area contributed by atoms with Gasteiger partial charge in [0.05, 0.1) is 0 Å². The molecule has 15 heavy (non-hydrogen) atoms. The van der Waals surface area contributed by atoms with Gasteiger partial charge in [-0.1, -0.05) is 43.6 Å². The van der Waals surface area contributed by atoms with Crippen LogP contribution in [0.25, 0.3) is 0 Å². The van der Waals surface area contributed by atoms with Crippen LogP contribution in [-0.2, 0) is 4.79 Å². The maximum absolute atomic E-state index is 11.8. The Hall–Kier alpha value is -0.0500. The van der Waals surface area contributed by atoms with Crippen LogP contribution in [-0.4, -0.2) is 17.3 Å². The maximum Gasteiger partial charge on any atom is 0.223 e. The van der Waals surface area contributed by atoms with Crippen molar-refractivity contribution in [3.05, 3.63) is 0 Å². The van der Waals surface area contributed by atoms with Crippen molar-refractivity contribution in [3.63, 3.8) is 0 Å². The van der Waals surface area contributed by atoms with Gasteiger partial charge in [0.15, 0.2) is 0 Å². The van der Waals surface area contributed by atoms with Crippen LogP contribution in [0.15, 0.2) is 0 Å². The molecule has 0 aliphatic heterocycles. The van der Waals surface area contributed by atoms with E-state index in [4.69, 9.17) is 0 Å². The molecule has 3 heteroatoms. The first-order valence-electron chi connectivity index (χ1n) is 5.91. The highest BCUT2D eigenvalue weighted by atomic mass is 79.9. The van der Waals surface area contributed by atoms with Crippen LogP contribution in [0, 0.1) is 11.8 Å². The van der Waals surface area contributed by atoms with Crippen LogP contribution in [0.4, 0.5) is 0 Å². The van der Waals surface area contributed by atoms with Gasteiger partial charge in [0.2, 0.25) is 5.91 Å². The van der Waals surface area contributed by atoms with E-state index in [9.17, 15) is 4.79 Å². The molecule has 1 atom stereocenters. The van der Waals surface area contributed by atoms with Crippen molar-refractivity contribution in [1.29, 1.82) is 0 Å². The highest BCUT2D eigenvalue weighted by Gasteiger charge is 2.18. The molecule has 0 radical (unpaired) electrons. The Morgan fingerprint density at radius 1 is 1.27 bits per heavy atom. The molecule has 0 saturated heterocycles. The van der Waals surface area contributed by atoms with Crippen LogP contribution in [0.1, 0.15) is 47.0 Å². The molecule has 0 rings (SSSR count). The Morgan fingerprint density at radius 3 is 2.13 bits per heavy atom. The van der Waals surface area contributed by atoms with Crippen molar-refractivity contribution in [2.24, 2.45) is 11.8 Å². The van der Waals surface area contributed by atoms with E-state index in [1.54, 1.807) is 0 Å². The van der Waals surface area contributed by atoms with Crippen molar-refractivity contribution in [2.75, 3.05) is 5.33 Å². The van der Waals surface area contributed by atoms with Gasteiger partial charge in [-0.15, -0.1) is 0 Å². The highest BCUT2D eigenvalue weighted by Crippen LogP contribution is 2.11. The molecule has 1 N–H and O–H groups in total. The summed E-state index contributed by atoms with van der Waals surface area (Å²) in [5, 5.41) is 3.96. The molecular formula is C12H24BrNO. The number of hydrogen-bond donors (Lipinski definition) is 1. The quantitative estimate of drug-likeness (QED) is 0.711. The summed E-state index contributed by atoms with van der Waals surface area (Å²) in [7, 11) is 0. The molecule has 0 aliphatic rings. The summed E-state index contributed by atoms with van der Waals surface area (Å²) in [6, 6.07) is 0.276. The number of rotatable bonds is 7. The lowest BCUT2D eigenvalue weighted by Crippen LogP contribution is -2.40. The lowest BCUT2D eigenvalue weighted by atomic mass is 10.0. The van der Waals surface area contributed by atoms with Crippen LogP contribution in [0.5, 0.6) is 0 Å². The molecule has 0 spiro atoms. The van der Waals surface area contributed by atoms with Crippen LogP contribution >= 0.6 is 15.9 Å². The summed E-state index contributed by atoms with van der Waals surface area (Å²) in [6.07, 6.45) is 2.90. The molecule has 1 unspecified atom stereocenters. The Kier molecular flexibility index (Phi) is 8.12. The first kappa shape index (κ1) is 14.9. The molecule has 0 bridgehead atoms. The first-order valence-corrected chi connectivity index (χ1v) is 7.03. The fourth-order valence-corrected chi connectivity index (χ4v) is 2.13. The average molecular weight is 278 g/mol. The smallest absolute Gasteiger partial charge is 0.223 e. The zero-order valence-corrected chi connectivity index (χ0v) is 11.9. The van der Waals surface area contributed by atoms with Crippen molar-refractivity contribution >= 4 is 21.8 Å². The zero-order valence-electron chi connectivity index (χ0n) is 10.3. The predicted octanol–water partition coefficient (Wildman–Crippen LogP) is 3.35. The minimum Gasteiger partial charge on any atom is -0.352 e. The van der Waals surface area contributed by atoms with Gasteiger partial charge in [-0.3, -0.25) is 4.79 Å². The van der Waals surface area contributed by atoms with Gasteiger partial charge in [0.25, 0.3) is 0 Å². The molecule has 2 nitrogen and oxygen atoms in total. The number of halogens is 1. The average Bonchev–Trinajstić information content (AvgIpc) is 2.17. The number of carbonyl (C=O) groups is 1. The normalized spacial score (nSPS) is 13.3. The summed E-state index contributed by atoms with van der Waals surface area (Å²) in [6.45, 7) is 8.50. The van der Waals surface area contributed by atoms with Gasteiger partial charge < -0.3 is 5.32 Å². The van der Waals surface area contributed by atoms with Crippen molar-refractivity contribution in [2.45, 2.75) is 53.0 Å². The summed E-state index contributed by atoms with van der Waals surface area (Å²) in [5.41, 5.74) is 0. The summed E-state index contributed by atoms with van der Waals surface area (Å²) >= 11 is 3.45. The summed E-state index contributed by atoms with van der Waals surface area (Å²) in [5.74, 6) is 1.01. The molecule has 1 amide bonds. The third-order valence-corrected chi connectivity index (χ3v) is 3.43. The molecular weight excluding hydrogens is 254 g/mol. The molecule has 0 aromatic rings. The molecule has 0 aliphatic carbocycles. The van der Waals surface area contributed by atoms with E-state index >= 15 is 0 Å². The van der Waals surface area contributed by atoms with Crippen molar-refractivity contribution in [1.82, 2.24) is 5.32 Å². The van der Waals surface area contributed by atoms with Crippen molar-refractivity contribution < 1.29 is 4.79 Å². The number of hydrogen-bond acceptors (Lipinski definition) is 1. The van der Waals surface area contributed by atoms with E-state index in [-0.39, 0.29) is 17.9 Å². The summed E-state index contributed by atoms with van der Waals surface area (Å²) in [4.78, 5) is 11.8. The van der Waals surface area contributed by atoms with Crippen LogP contribution in [0.2, 0.25) is 0 Å². The highest BCUT2D eigenvalue weighted by molar-refractivity contribution is 9.09. The molecule has 0 aromatic carbocycles. The predicted molar refractivity (Wildman–Crippen MR) is 69.3 cm³/mol. The fourth-order valence-electron chi connectivity index (χ4n) is 1.71. The van der Waals surface area contributed by atoms with E-state index < -0.39 is 0 Å². The zero-order chi connectivity index (χ0) is 11.8. The van der Waals surface area contributed by atoms with Gasteiger partial charge in [0, 0.05) is 17.3 Å². The Bertz CT molecular complexity index is 178. The van der Waals surface area contributed by atoms with Gasteiger partial charge in [-0.25, -0.2) is 0 Å². The van der Waals surface area contributed by atoms with E-state index in [1.807, 2.05) is 0 Å². The number of carbonyl (C=O) groups excluding carboxylic acids is 1. The standard InChI is InChI=1S/C12H24BrNO/c1-5-10(6-2)12(15)14-11(8-13)7-9(3)4/h9-11H,5-8H2,1-4H3,(H,14,15). The SMILES string of the molecule is CCC(CC)C(=O)NC(CBr)CC(C)C. The third-order valence-electron chi connectivity index (χ3n) is 2.64. The largest absolute Gasteiger partial charge is 0.352 e. The van der Waals surface area contributed by atoms with Crippen LogP contribution < -0.4 is 5.32 Å². The lowest BCUT2D eigenvalue weighted by Gasteiger charge is -2.21. The fraction of sp³-hybridized carbons (Fsp3) is 0.917. The number of amides is 1. The van der Waals surface area contributed by atoms with Gasteiger partial charge >= 0.3 is 0 Å². The lowest BCUT2D eigenvalue weighted by molar-refractivity contribution is -0.125. The van der Waals surface area contributed by atoms with Crippen LogP contribution in [0.3, 0.4) is 0 Å². The second-order valence-electron chi connectivity index (χ2n) is 4.50.